The van der Waals surface area contributed by atoms with E-state index >= 15 is 0 Å². The Morgan fingerprint density at radius 3 is 1.36 bits per heavy atom. The lowest BCUT2D eigenvalue weighted by Crippen LogP contribution is -2.43. The fourth-order valence-electron chi connectivity index (χ4n) is 6.94. The smallest absolute Gasteiger partial charge is 0.370 e. The molecule has 58 heavy (non-hydrogen) atoms. The number of amidine groups is 4. The number of nitrogens with zero attached hydrogens (tertiary/aromatic N) is 8. The molecule has 20 nitrogen and oxygen atoms in total. The van der Waals surface area contributed by atoms with Gasteiger partial charge < -0.3 is 7.10 Å². The second-order valence-corrected chi connectivity index (χ2v) is 20.1. The molecule has 6 heterocycles. The number of hydrogen-bond acceptors (Lipinski definition) is 15. The maximum atomic E-state index is 12.4. The number of benzene rings is 4. The fraction of sp³-hybridized carbons (Fsp3) is 0. The van der Waals surface area contributed by atoms with Crippen LogP contribution in [-0.2, 0) is 41.0 Å². The zero-order valence-corrected chi connectivity index (χ0v) is 33.4. The topological polar surface area (TPSA) is 298 Å². The Morgan fingerprint density at radius 1 is 0.483 bits per heavy atom. The fourth-order valence-corrected chi connectivity index (χ4v) is 11.4. The van der Waals surface area contributed by atoms with Gasteiger partial charge >= 0.3 is 24.3 Å². The van der Waals surface area contributed by atoms with Crippen molar-refractivity contribution < 1.29 is 51.5 Å². The summed E-state index contributed by atoms with van der Waals surface area (Å²) in [5.41, 5.74) is 1.68. The van der Waals surface area contributed by atoms with Gasteiger partial charge in [0.1, 0.15) is 22.6 Å². The molecule has 6 bridgehead atoms. The van der Waals surface area contributed by atoms with E-state index in [1.54, 1.807) is 31.4 Å². The van der Waals surface area contributed by atoms with Crippen molar-refractivity contribution in [2.45, 2.75) is 14.7 Å². The number of aromatic nitrogens is 2. The van der Waals surface area contributed by atoms with Crippen LogP contribution < -0.4 is 11.0 Å². The van der Waals surface area contributed by atoms with E-state index in [9.17, 15) is 38.9 Å². The predicted molar refractivity (Wildman–Crippen MR) is 206 cm³/mol. The Hall–Kier alpha value is -5.59. The van der Waals surface area contributed by atoms with Crippen LogP contribution in [0.1, 0.15) is 22.3 Å². The number of hydrogen-bond donors (Lipinski definition) is 3. The zero-order valence-electron chi connectivity index (χ0n) is 28.2. The highest BCUT2D eigenvalue weighted by Crippen LogP contribution is 2.42. The van der Waals surface area contributed by atoms with E-state index in [1.165, 1.54) is 54.6 Å². The van der Waals surface area contributed by atoms with Crippen molar-refractivity contribution in [3.63, 3.8) is 0 Å². The first-order chi connectivity index (χ1) is 27.3. The summed E-state index contributed by atoms with van der Waals surface area (Å²) < 4.78 is 132. The lowest BCUT2D eigenvalue weighted by atomic mass is 10.1. The predicted octanol–water partition coefficient (Wildman–Crippen LogP) is 1.90. The van der Waals surface area contributed by atoms with Crippen LogP contribution >= 0.6 is 10.0 Å². The van der Waals surface area contributed by atoms with Crippen molar-refractivity contribution in [3.05, 3.63) is 112 Å². The Bertz CT molecular complexity index is 3690. The molecular weight excluding hydrogens is 879 g/mol. The lowest BCUT2D eigenvalue weighted by molar-refractivity contribution is 0.481. The summed E-state index contributed by atoms with van der Waals surface area (Å²) in [5, 5.41) is 1.60. The number of aliphatic imine (C=N–C) groups is 4. The average molecular weight is 895 g/mol. The van der Waals surface area contributed by atoms with E-state index in [4.69, 9.17) is 52.6 Å². The summed E-state index contributed by atoms with van der Waals surface area (Å²) in [6, 6.07) is 18.6. The third kappa shape index (κ3) is 6.07. The molecule has 0 spiro atoms. The number of fused-ring (bicyclic) bond motifs is 14. The second-order valence-electron chi connectivity index (χ2n) is 12.6. The van der Waals surface area contributed by atoms with Crippen LogP contribution in [-0.4, -0.2) is 95.7 Å². The summed E-state index contributed by atoms with van der Waals surface area (Å²) in [4.78, 5) is 27.8. The molecule has 0 atom stereocenters. The van der Waals surface area contributed by atoms with Gasteiger partial charge in [-0.2, -0.15) is 35.3 Å². The highest BCUT2D eigenvalue weighted by molar-refractivity contribution is 7.86. The van der Waals surface area contributed by atoms with E-state index in [0.717, 1.165) is 0 Å². The first kappa shape index (κ1) is 38.0. The summed E-state index contributed by atoms with van der Waals surface area (Å²) in [6.07, 6.45) is 0. The first-order valence-corrected chi connectivity index (χ1v) is 24.1. The quantitative estimate of drug-likeness (QED) is 0.170. The molecule has 0 fully saturated rings. The van der Waals surface area contributed by atoms with Gasteiger partial charge in [0.2, 0.25) is 0 Å². The summed E-state index contributed by atoms with van der Waals surface area (Å²) in [6.45, 7) is 0. The molecule has 6 aromatic rings. The molecule has 4 aromatic carbocycles. The molecular formula is C32H16AlClN8O12S4. The highest BCUT2D eigenvalue weighted by Gasteiger charge is 2.39. The maximum Gasteiger partial charge on any atom is 0.722 e. The Kier molecular flexibility index (Phi) is 8.48. The Labute approximate surface area is 334 Å². The van der Waals surface area contributed by atoms with Crippen LogP contribution in [0.5, 0.6) is 0 Å². The monoisotopic (exact) mass is 894 g/mol. The van der Waals surface area contributed by atoms with Crippen molar-refractivity contribution >= 4 is 121 Å². The maximum absolute atomic E-state index is 12.4. The van der Waals surface area contributed by atoms with Crippen molar-refractivity contribution in [2.24, 2.45) is 30.0 Å². The highest BCUT2D eigenvalue weighted by atomic mass is 35.6. The SMILES string of the molecule is O=S(=O)(O)c1ccc2c(c1)C1=NC2=Nc2c3cc(S(=O)(=O)O)ccc3c3[n]2[Al]([Cl])[n]2c(c4ccccc4c2=N1)=NC1=NC(=N3)c2cc(S(=O)(=O)O)ccc21.O=S(=O)=O. The molecule has 2 aromatic heterocycles. The molecule has 4 aliphatic heterocycles. The van der Waals surface area contributed by atoms with Crippen LogP contribution in [0.4, 0.5) is 11.6 Å². The van der Waals surface area contributed by atoms with Crippen LogP contribution in [0.25, 0.3) is 21.5 Å². The molecule has 0 aliphatic carbocycles. The van der Waals surface area contributed by atoms with E-state index in [1.807, 2.05) is 0 Å². The van der Waals surface area contributed by atoms with Crippen molar-refractivity contribution in [1.82, 2.24) is 7.10 Å². The van der Waals surface area contributed by atoms with Crippen LogP contribution in [0, 0.1) is 0 Å². The van der Waals surface area contributed by atoms with Crippen LogP contribution in [0.15, 0.2) is 124 Å². The van der Waals surface area contributed by atoms with Gasteiger partial charge in [-0.05, 0) is 54.6 Å². The minimum absolute atomic E-state index is 0.00333. The molecule has 0 radical (unpaired) electrons. The van der Waals surface area contributed by atoms with Gasteiger partial charge in [0.15, 0.2) is 23.3 Å². The minimum Gasteiger partial charge on any atom is -0.370 e. The Balaban J connectivity index is 0.00000104. The number of halogens is 1. The molecule has 0 unspecified atom stereocenters. The molecule has 0 saturated carbocycles. The van der Waals surface area contributed by atoms with E-state index in [2.05, 4.69) is 0 Å². The molecule has 0 amide bonds. The van der Waals surface area contributed by atoms with E-state index < -0.39 is 69.3 Å². The Morgan fingerprint density at radius 2 is 0.879 bits per heavy atom. The van der Waals surface area contributed by atoms with Gasteiger partial charge in [-0.25, -0.2) is 30.0 Å². The van der Waals surface area contributed by atoms with Crippen molar-refractivity contribution in [1.29, 1.82) is 0 Å². The summed E-state index contributed by atoms with van der Waals surface area (Å²) in [7, 11) is -9.50. The molecule has 0 saturated heterocycles. The first-order valence-electron chi connectivity index (χ1n) is 16.0. The molecule has 290 valence electrons. The third-order valence-corrected chi connectivity index (χ3v) is 14.9. The molecule has 10 rings (SSSR count). The number of rotatable bonds is 3. The van der Waals surface area contributed by atoms with Gasteiger partial charge in [0, 0.05) is 43.8 Å². The standard InChI is InChI=1S/C32H16N8O9S3.Al.ClH.O3S/c41-50(42,43)14-5-8-19-22(11-14)31-36-27(19)34-25-17-3-1-2-4-18(17)26(33-25)35-30-23-12-15(51(44,45)46)6-9-20(23)28(37-30)39-32-24-13-16(52(47,48)49)7-10-21(24)29(38-31)40-32;;;1-4(2)3/h1-13H,(H3-2,33,34,35,36,37,38,39,40,41,42,43,44,45,46,47,48,49);;1H;/q-2;+3;;/p-1. The van der Waals surface area contributed by atoms with Crippen LogP contribution in [0.3, 0.4) is 0 Å². The largest absolute Gasteiger partial charge is 0.722 e. The molecule has 26 heteroatoms. The minimum atomic E-state index is -4.74. The van der Waals surface area contributed by atoms with Gasteiger partial charge in [0.25, 0.3) is 30.4 Å². The average Bonchev–Trinajstić information content (AvgIpc) is 3.85. The molecule has 3 N–H and O–H groups in total. The second kappa shape index (κ2) is 13.0. The summed E-state index contributed by atoms with van der Waals surface area (Å²) >= 11 is -3.33. The van der Waals surface area contributed by atoms with Gasteiger partial charge in [-0.15, -0.1) is 12.6 Å². The third-order valence-electron chi connectivity index (χ3n) is 9.33. The van der Waals surface area contributed by atoms with Crippen molar-refractivity contribution in [2.75, 3.05) is 0 Å². The zero-order chi connectivity index (χ0) is 41.2. The van der Waals surface area contributed by atoms with Gasteiger partial charge in [-0.3, -0.25) is 13.7 Å². The molecule has 4 aliphatic rings. The summed E-state index contributed by atoms with van der Waals surface area (Å²) in [5.74, 6) is 0.370. The van der Waals surface area contributed by atoms with E-state index in [-0.39, 0.29) is 62.5 Å². The normalized spacial score (nSPS) is 15.1. The van der Waals surface area contributed by atoms with Crippen molar-refractivity contribution in [3.8, 4) is 0 Å². The van der Waals surface area contributed by atoms with Gasteiger partial charge in [0.05, 0.1) is 14.7 Å². The lowest BCUT2D eigenvalue weighted by Gasteiger charge is -2.15. The van der Waals surface area contributed by atoms with Gasteiger partial charge in [-0.1, -0.05) is 24.3 Å². The van der Waals surface area contributed by atoms with Crippen LogP contribution in [0.2, 0.25) is 0 Å². The van der Waals surface area contributed by atoms with E-state index in [0.29, 0.717) is 27.3 Å².